The first kappa shape index (κ1) is 11.2. The number of carbonyl (C=O) groups is 1. The fourth-order valence-corrected chi connectivity index (χ4v) is 1.49. The Morgan fingerprint density at radius 1 is 1.73 bits per heavy atom. The first-order valence-electron chi connectivity index (χ1n) is 4.38. The van der Waals surface area contributed by atoms with E-state index < -0.39 is 11.6 Å². The minimum Gasteiger partial charge on any atom is -0.465 e. The molecule has 0 bridgehead atoms. The van der Waals surface area contributed by atoms with Crippen molar-refractivity contribution in [1.82, 2.24) is 5.32 Å². The molecular weight excluding hydrogens is 200 g/mol. The number of hydrogen-bond donors (Lipinski definition) is 2. The van der Waals surface area contributed by atoms with Crippen molar-refractivity contribution < 1.29 is 14.8 Å². The molecule has 1 rings (SSSR count). The Balaban J connectivity index is 2.89. The van der Waals surface area contributed by atoms with Crippen LogP contribution in [0.25, 0.3) is 0 Å². The molecule has 1 unspecified atom stereocenters. The van der Waals surface area contributed by atoms with Gasteiger partial charge in [0.25, 0.3) is 0 Å². The van der Waals surface area contributed by atoms with Crippen LogP contribution in [0.2, 0.25) is 0 Å². The predicted molar refractivity (Wildman–Crippen MR) is 53.0 cm³/mol. The van der Waals surface area contributed by atoms with Crippen molar-refractivity contribution >= 4 is 6.09 Å². The number of hydrogen-bond acceptors (Lipinski definition) is 3. The van der Waals surface area contributed by atoms with Gasteiger partial charge in [-0.25, -0.2) is 4.79 Å². The molecule has 6 nitrogen and oxygen atoms in total. The van der Waals surface area contributed by atoms with E-state index in [0.717, 1.165) is 0 Å². The Morgan fingerprint density at radius 2 is 2.33 bits per heavy atom. The summed E-state index contributed by atoms with van der Waals surface area (Å²) < 4.78 is 0. The second-order valence-corrected chi connectivity index (χ2v) is 3.75. The lowest BCUT2D eigenvalue weighted by molar-refractivity contribution is -0.550. The SMILES string of the molecule is CC1=C(NC(=O)O)C=CC(C)([N+](=O)[O-])C1. The Morgan fingerprint density at radius 3 is 2.73 bits per heavy atom. The molecule has 6 heteroatoms. The summed E-state index contributed by atoms with van der Waals surface area (Å²) in [5, 5.41) is 21.5. The van der Waals surface area contributed by atoms with Gasteiger partial charge in [-0.05, 0) is 24.6 Å². The highest BCUT2D eigenvalue weighted by Crippen LogP contribution is 2.27. The van der Waals surface area contributed by atoms with Gasteiger partial charge in [-0.1, -0.05) is 0 Å². The largest absolute Gasteiger partial charge is 0.465 e. The van der Waals surface area contributed by atoms with Crippen LogP contribution < -0.4 is 5.32 Å². The van der Waals surface area contributed by atoms with Crippen LogP contribution in [-0.4, -0.2) is 21.7 Å². The molecule has 82 valence electrons. The smallest absolute Gasteiger partial charge is 0.409 e. The van der Waals surface area contributed by atoms with E-state index >= 15 is 0 Å². The Bertz CT molecular complexity index is 372. The Labute approximate surface area is 86.4 Å². The maximum atomic E-state index is 10.7. The fourth-order valence-electron chi connectivity index (χ4n) is 1.49. The van der Waals surface area contributed by atoms with Gasteiger partial charge in [0.1, 0.15) is 0 Å². The van der Waals surface area contributed by atoms with Crippen LogP contribution in [0.3, 0.4) is 0 Å². The van der Waals surface area contributed by atoms with Crippen molar-refractivity contribution in [3.05, 3.63) is 33.5 Å². The molecule has 0 radical (unpaired) electrons. The standard InChI is InChI=1S/C9H12N2O4/c1-6-5-9(2,11(14)15)4-3-7(6)10-8(12)13/h3-4,10H,5H2,1-2H3,(H,12,13). The molecule has 0 aliphatic heterocycles. The summed E-state index contributed by atoms with van der Waals surface area (Å²) in [6.45, 7) is 3.18. The molecule has 1 amide bonds. The number of nitrogens with one attached hydrogen (secondary N) is 1. The summed E-state index contributed by atoms with van der Waals surface area (Å²) in [5.41, 5.74) is -0.0470. The van der Waals surface area contributed by atoms with E-state index in [0.29, 0.717) is 11.3 Å². The van der Waals surface area contributed by atoms with Gasteiger partial charge in [-0.2, -0.15) is 0 Å². The van der Waals surface area contributed by atoms with Crippen molar-refractivity contribution in [3.8, 4) is 0 Å². The molecule has 2 N–H and O–H groups in total. The van der Waals surface area contributed by atoms with E-state index in [4.69, 9.17) is 5.11 Å². The summed E-state index contributed by atoms with van der Waals surface area (Å²) in [5.74, 6) is 0. The lowest BCUT2D eigenvalue weighted by Gasteiger charge is -2.22. The summed E-state index contributed by atoms with van der Waals surface area (Å²) in [4.78, 5) is 20.8. The second-order valence-electron chi connectivity index (χ2n) is 3.75. The molecular formula is C9H12N2O4. The molecule has 0 aromatic carbocycles. The first-order chi connectivity index (χ1) is 6.85. The summed E-state index contributed by atoms with van der Waals surface area (Å²) >= 11 is 0. The summed E-state index contributed by atoms with van der Waals surface area (Å²) in [7, 11) is 0. The van der Waals surface area contributed by atoms with E-state index in [9.17, 15) is 14.9 Å². The number of nitro groups is 1. The molecule has 0 aromatic rings. The number of nitrogens with zero attached hydrogens (tertiary/aromatic N) is 1. The molecule has 1 aliphatic rings. The van der Waals surface area contributed by atoms with Gasteiger partial charge in [-0.3, -0.25) is 15.4 Å². The zero-order chi connectivity index (χ0) is 11.6. The summed E-state index contributed by atoms with van der Waals surface area (Å²) in [6.07, 6.45) is 1.89. The van der Waals surface area contributed by atoms with E-state index in [2.05, 4.69) is 5.32 Å². The molecule has 15 heavy (non-hydrogen) atoms. The molecule has 1 atom stereocenters. The second kappa shape index (κ2) is 3.72. The van der Waals surface area contributed by atoms with Crippen molar-refractivity contribution in [2.75, 3.05) is 0 Å². The van der Waals surface area contributed by atoms with Gasteiger partial charge in [0, 0.05) is 24.0 Å². The minimum absolute atomic E-state index is 0.214. The third-order valence-electron chi connectivity index (χ3n) is 2.35. The number of rotatable bonds is 2. The van der Waals surface area contributed by atoms with Crippen LogP contribution in [0.4, 0.5) is 4.79 Å². The molecule has 0 fully saturated rings. The summed E-state index contributed by atoms with van der Waals surface area (Å²) in [6, 6.07) is 0. The highest BCUT2D eigenvalue weighted by Gasteiger charge is 2.37. The van der Waals surface area contributed by atoms with E-state index in [1.807, 2.05) is 0 Å². The van der Waals surface area contributed by atoms with E-state index in [-0.39, 0.29) is 11.3 Å². The Hall–Kier alpha value is -1.85. The topological polar surface area (TPSA) is 92.5 Å². The lowest BCUT2D eigenvalue weighted by atomic mass is 9.88. The molecule has 0 saturated carbocycles. The minimum atomic E-state index is -1.17. The van der Waals surface area contributed by atoms with Gasteiger partial charge in [0.15, 0.2) is 0 Å². The van der Waals surface area contributed by atoms with Crippen LogP contribution in [0.15, 0.2) is 23.4 Å². The van der Waals surface area contributed by atoms with Crippen molar-refractivity contribution in [2.45, 2.75) is 25.8 Å². The van der Waals surface area contributed by atoms with Gasteiger partial charge < -0.3 is 5.11 Å². The van der Waals surface area contributed by atoms with Crippen LogP contribution in [0.5, 0.6) is 0 Å². The molecule has 0 aromatic heterocycles. The maximum absolute atomic E-state index is 10.7. The highest BCUT2D eigenvalue weighted by atomic mass is 16.6. The first-order valence-corrected chi connectivity index (χ1v) is 4.38. The fraction of sp³-hybridized carbons (Fsp3) is 0.444. The van der Waals surface area contributed by atoms with Crippen LogP contribution in [-0.2, 0) is 0 Å². The average molecular weight is 212 g/mol. The maximum Gasteiger partial charge on any atom is 0.409 e. The van der Waals surface area contributed by atoms with Gasteiger partial charge >= 0.3 is 6.09 Å². The molecule has 0 heterocycles. The Kier molecular flexibility index (Phi) is 2.78. The molecule has 0 saturated heterocycles. The molecule has 0 spiro atoms. The number of amides is 1. The van der Waals surface area contributed by atoms with E-state index in [1.165, 1.54) is 19.1 Å². The predicted octanol–water partition coefficient (Wildman–Crippen LogP) is 1.52. The number of allylic oxidation sites excluding steroid dienone is 1. The van der Waals surface area contributed by atoms with Crippen LogP contribution in [0, 0.1) is 10.1 Å². The van der Waals surface area contributed by atoms with Gasteiger partial charge in [0.2, 0.25) is 5.54 Å². The van der Waals surface area contributed by atoms with Crippen LogP contribution in [0.1, 0.15) is 20.3 Å². The van der Waals surface area contributed by atoms with Crippen molar-refractivity contribution in [2.24, 2.45) is 0 Å². The lowest BCUT2D eigenvalue weighted by Crippen LogP contribution is -2.36. The monoisotopic (exact) mass is 212 g/mol. The average Bonchev–Trinajstić information content (AvgIpc) is 2.09. The number of carboxylic acid groups (broad SMARTS) is 1. The van der Waals surface area contributed by atoms with Crippen molar-refractivity contribution in [3.63, 3.8) is 0 Å². The molecule has 1 aliphatic carbocycles. The zero-order valence-electron chi connectivity index (χ0n) is 8.48. The van der Waals surface area contributed by atoms with Gasteiger partial charge in [-0.15, -0.1) is 0 Å². The third-order valence-corrected chi connectivity index (χ3v) is 2.35. The van der Waals surface area contributed by atoms with Crippen LogP contribution >= 0.6 is 0 Å². The quantitative estimate of drug-likeness (QED) is 0.536. The van der Waals surface area contributed by atoms with E-state index in [1.54, 1.807) is 6.92 Å². The van der Waals surface area contributed by atoms with Crippen molar-refractivity contribution in [1.29, 1.82) is 0 Å². The van der Waals surface area contributed by atoms with Gasteiger partial charge in [0.05, 0.1) is 0 Å². The normalized spacial score (nSPS) is 25.2. The zero-order valence-corrected chi connectivity index (χ0v) is 8.48. The highest BCUT2D eigenvalue weighted by molar-refractivity contribution is 5.68. The third kappa shape index (κ3) is 2.34.